The van der Waals surface area contributed by atoms with E-state index in [1.54, 1.807) is 25.9 Å². The van der Waals surface area contributed by atoms with E-state index in [9.17, 15) is 26.0 Å². The molecule has 0 aromatic carbocycles. The molecule has 0 spiro atoms. The molecule has 178 valence electrons. The van der Waals surface area contributed by atoms with Crippen LogP contribution in [0.25, 0.3) is 10.6 Å². The van der Waals surface area contributed by atoms with Gasteiger partial charge in [-0.25, -0.2) is 32.1 Å². The zero-order valence-electron chi connectivity index (χ0n) is 17.9. The van der Waals surface area contributed by atoms with Gasteiger partial charge in [-0.05, 0) is 33.9 Å². The van der Waals surface area contributed by atoms with Gasteiger partial charge < -0.3 is 10.2 Å². The van der Waals surface area contributed by atoms with E-state index in [-0.39, 0.29) is 17.0 Å². The standard InChI is InChI=1S/C18H24F4N6O2S2/c1-10(27(2)3)16-26-15(18(20,21)22)14(31-16)13-12(19)9-23-17(25-13)24-11-5-7-28(8-6-11)32(4,29)30/h9-11H,5-8H2,1-4H3,(H,23,24,25). The average Bonchev–Trinajstić information content (AvgIpc) is 3.14. The molecule has 14 heteroatoms. The minimum absolute atomic E-state index is 0.0251. The summed E-state index contributed by atoms with van der Waals surface area (Å²) in [5.74, 6) is -1.01. The Kier molecular flexibility index (Phi) is 7.08. The maximum atomic E-state index is 14.5. The van der Waals surface area contributed by atoms with Crippen molar-refractivity contribution in [3.05, 3.63) is 22.7 Å². The van der Waals surface area contributed by atoms with E-state index in [0.29, 0.717) is 25.9 Å². The van der Waals surface area contributed by atoms with Gasteiger partial charge in [-0.3, -0.25) is 0 Å². The van der Waals surface area contributed by atoms with E-state index in [0.717, 1.165) is 23.8 Å². The Morgan fingerprint density at radius 1 is 1.25 bits per heavy atom. The molecule has 1 atom stereocenters. The van der Waals surface area contributed by atoms with Gasteiger partial charge >= 0.3 is 6.18 Å². The maximum absolute atomic E-state index is 14.5. The second-order valence-corrected chi connectivity index (χ2v) is 10.9. The Labute approximate surface area is 187 Å². The highest BCUT2D eigenvalue weighted by Crippen LogP contribution is 2.42. The fourth-order valence-electron chi connectivity index (χ4n) is 3.20. The second-order valence-electron chi connectivity index (χ2n) is 7.84. The molecule has 0 bridgehead atoms. The van der Waals surface area contributed by atoms with Crippen LogP contribution >= 0.6 is 11.3 Å². The number of halogens is 4. The third kappa shape index (κ3) is 5.53. The van der Waals surface area contributed by atoms with Crippen LogP contribution in [0.5, 0.6) is 0 Å². The lowest BCUT2D eigenvalue weighted by Gasteiger charge is -2.30. The summed E-state index contributed by atoms with van der Waals surface area (Å²) in [7, 11) is 0.128. The second kappa shape index (κ2) is 9.15. The number of aromatic nitrogens is 3. The number of nitrogens with one attached hydrogen (secondary N) is 1. The molecule has 3 heterocycles. The van der Waals surface area contributed by atoms with Crippen LogP contribution in [0.15, 0.2) is 6.20 Å². The summed E-state index contributed by atoms with van der Waals surface area (Å²) in [5, 5.41) is 3.17. The van der Waals surface area contributed by atoms with Crippen LogP contribution in [0.3, 0.4) is 0 Å². The minimum atomic E-state index is -4.78. The first-order valence-corrected chi connectivity index (χ1v) is 12.4. The van der Waals surface area contributed by atoms with Crippen LogP contribution in [0.1, 0.15) is 36.5 Å². The maximum Gasteiger partial charge on any atom is 0.434 e. The zero-order chi connectivity index (χ0) is 23.8. The number of rotatable bonds is 6. The van der Waals surface area contributed by atoms with Gasteiger partial charge in [0.15, 0.2) is 11.5 Å². The van der Waals surface area contributed by atoms with Gasteiger partial charge in [0.2, 0.25) is 16.0 Å². The molecule has 2 aromatic rings. The summed E-state index contributed by atoms with van der Waals surface area (Å²) in [6.07, 6.45) is -1.90. The highest BCUT2D eigenvalue weighted by molar-refractivity contribution is 7.88. The first kappa shape index (κ1) is 24.7. The van der Waals surface area contributed by atoms with Crippen LogP contribution in [0.2, 0.25) is 0 Å². The van der Waals surface area contributed by atoms with Gasteiger partial charge in [-0.15, -0.1) is 11.3 Å². The van der Waals surface area contributed by atoms with E-state index in [4.69, 9.17) is 0 Å². The number of anilines is 1. The van der Waals surface area contributed by atoms with Crippen molar-refractivity contribution in [3.63, 3.8) is 0 Å². The number of alkyl halides is 3. The monoisotopic (exact) mass is 496 g/mol. The van der Waals surface area contributed by atoms with Crippen molar-refractivity contribution in [2.24, 2.45) is 0 Å². The smallest absolute Gasteiger partial charge is 0.351 e. The lowest BCUT2D eigenvalue weighted by Crippen LogP contribution is -2.42. The molecule has 1 saturated heterocycles. The van der Waals surface area contributed by atoms with E-state index in [1.807, 2.05) is 0 Å². The number of piperidine rings is 1. The highest BCUT2D eigenvalue weighted by Gasteiger charge is 2.40. The topological polar surface area (TPSA) is 91.3 Å². The molecule has 1 aliphatic heterocycles. The van der Waals surface area contributed by atoms with E-state index in [2.05, 4.69) is 20.3 Å². The summed E-state index contributed by atoms with van der Waals surface area (Å²) >= 11 is 0.744. The number of hydrogen-bond acceptors (Lipinski definition) is 8. The highest BCUT2D eigenvalue weighted by atomic mass is 32.2. The summed E-state index contributed by atoms with van der Waals surface area (Å²) in [5.41, 5.74) is -1.66. The number of nitrogens with zero attached hydrogens (tertiary/aromatic N) is 5. The van der Waals surface area contributed by atoms with Gasteiger partial charge in [-0.2, -0.15) is 13.2 Å². The van der Waals surface area contributed by atoms with Crippen molar-refractivity contribution in [1.29, 1.82) is 0 Å². The predicted molar refractivity (Wildman–Crippen MR) is 113 cm³/mol. The Morgan fingerprint density at radius 2 is 1.88 bits per heavy atom. The summed E-state index contributed by atoms with van der Waals surface area (Å²) in [6.45, 7) is 2.29. The average molecular weight is 497 g/mol. The molecule has 1 unspecified atom stereocenters. The van der Waals surface area contributed by atoms with Gasteiger partial charge in [0.05, 0.1) is 23.4 Å². The molecular formula is C18H24F4N6O2S2. The molecule has 1 aliphatic rings. The number of thiazole rings is 1. The van der Waals surface area contributed by atoms with Crippen LogP contribution in [-0.4, -0.2) is 72.1 Å². The molecule has 32 heavy (non-hydrogen) atoms. The first-order valence-electron chi connectivity index (χ1n) is 9.76. The summed E-state index contributed by atoms with van der Waals surface area (Å²) < 4.78 is 80.1. The number of hydrogen-bond donors (Lipinski definition) is 1. The lowest BCUT2D eigenvalue weighted by atomic mass is 10.1. The van der Waals surface area contributed by atoms with Crippen molar-refractivity contribution in [3.8, 4) is 10.6 Å². The molecule has 2 aromatic heterocycles. The predicted octanol–water partition coefficient (Wildman–Crippen LogP) is 3.22. The summed E-state index contributed by atoms with van der Waals surface area (Å²) in [4.78, 5) is 12.9. The number of sulfonamides is 1. The van der Waals surface area contributed by atoms with Crippen LogP contribution in [-0.2, 0) is 16.2 Å². The van der Waals surface area contributed by atoms with Crippen LogP contribution in [0.4, 0.5) is 23.5 Å². The van der Waals surface area contributed by atoms with E-state index >= 15 is 0 Å². The van der Waals surface area contributed by atoms with E-state index < -0.39 is 44.3 Å². The van der Waals surface area contributed by atoms with Crippen LogP contribution < -0.4 is 5.32 Å². The molecule has 3 rings (SSSR count). The first-order chi connectivity index (χ1) is 14.8. The molecular weight excluding hydrogens is 472 g/mol. The lowest BCUT2D eigenvalue weighted by molar-refractivity contribution is -0.140. The minimum Gasteiger partial charge on any atom is -0.351 e. The van der Waals surface area contributed by atoms with Gasteiger partial charge in [0.1, 0.15) is 10.7 Å². The van der Waals surface area contributed by atoms with Crippen LogP contribution in [0, 0.1) is 5.82 Å². The third-order valence-electron chi connectivity index (χ3n) is 5.26. The van der Waals surface area contributed by atoms with Gasteiger partial charge in [0, 0.05) is 19.1 Å². The molecule has 0 amide bonds. The fraction of sp³-hybridized carbons (Fsp3) is 0.611. The Balaban J connectivity index is 1.89. The molecule has 1 N–H and O–H groups in total. The van der Waals surface area contributed by atoms with Crippen molar-refractivity contribution in [2.75, 3.05) is 38.8 Å². The molecule has 0 radical (unpaired) electrons. The SMILES string of the molecule is CC(c1nc(C(F)(F)F)c(-c2nc(NC3CCN(S(C)(=O)=O)CC3)ncc2F)s1)N(C)C. The van der Waals surface area contributed by atoms with Gasteiger partial charge in [-0.1, -0.05) is 0 Å². The molecule has 1 fully saturated rings. The van der Waals surface area contributed by atoms with Crippen molar-refractivity contribution >= 4 is 27.3 Å². The largest absolute Gasteiger partial charge is 0.434 e. The Bertz CT molecular complexity index is 1070. The quantitative estimate of drug-likeness (QED) is 0.614. The molecule has 0 aliphatic carbocycles. The fourth-order valence-corrected chi connectivity index (χ4v) is 5.30. The Morgan fingerprint density at radius 3 is 2.41 bits per heavy atom. The van der Waals surface area contributed by atoms with Crippen molar-refractivity contribution in [2.45, 2.75) is 38.0 Å². The normalized spacial score (nSPS) is 17.7. The van der Waals surface area contributed by atoms with Crippen molar-refractivity contribution in [1.82, 2.24) is 24.2 Å². The van der Waals surface area contributed by atoms with Gasteiger partial charge in [0.25, 0.3) is 0 Å². The third-order valence-corrected chi connectivity index (χ3v) is 7.80. The molecule has 0 saturated carbocycles. The Hall–Kier alpha value is -1.90. The molecule has 8 nitrogen and oxygen atoms in total. The summed E-state index contributed by atoms with van der Waals surface area (Å²) in [6, 6.07) is -0.600. The van der Waals surface area contributed by atoms with E-state index in [1.165, 1.54) is 4.31 Å². The zero-order valence-corrected chi connectivity index (χ0v) is 19.6. The van der Waals surface area contributed by atoms with Crippen molar-refractivity contribution < 1.29 is 26.0 Å².